The fraction of sp³-hybridized carbons (Fsp3) is 0.385. The Labute approximate surface area is 129 Å². The molecule has 2 N–H and O–H groups in total. The van der Waals surface area contributed by atoms with Crippen molar-refractivity contribution in [2.24, 2.45) is 0 Å². The molecule has 21 heavy (non-hydrogen) atoms. The zero-order valence-corrected chi connectivity index (χ0v) is 13.3. The van der Waals surface area contributed by atoms with Crippen molar-refractivity contribution in [3.05, 3.63) is 28.8 Å². The summed E-state index contributed by atoms with van der Waals surface area (Å²) in [5, 5.41) is 11.4. The van der Waals surface area contributed by atoms with Crippen LogP contribution in [0.3, 0.4) is 0 Å². The first-order valence-corrected chi connectivity index (χ1v) is 8.17. The Kier molecular flexibility index (Phi) is 6.15. The second kappa shape index (κ2) is 7.41. The van der Waals surface area contributed by atoms with Crippen LogP contribution in [0.4, 0.5) is 0 Å². The van der Waals surface area contributed by atoms with Crippen LogP contribution in [0.1, 0.15) is 25.8 Å². The first-order valence-electron chi connectivity index (χ1n) is 6.31. The topological polar surface area (TPSA) is 99.1 Å². The van der Waals surface area contributed by atoms with Crippen LogP contribution in [0.2, 0.25) is 5.02 Å². The van der Waals surface area contributed by atoms with E-state index in [0.717, 1.165) is 6.42 Å². The minimum absolute atomic E-state index is 0.0114. The van der Waals surface area contributed by atoms with E-state index >= 15 is 0 Å². The van der Waals surface area contributed by atoms with Crippen molar-refractivity contribution >= 4 is 27.5 Å². The van der Waals surface area contributed by atoms with Crippen LogP contribution >= 0.6 is 11.6 Å². The molecule has 0 aliphatic heterocycles. The average molecular weight is 330 g/mol. The number of carbonyl (C=O) groups excluding carboxylic acids is 1. The molecule has 6 nitrogen and oxygen atoms in total. The Morgan fingerprint density at radius 3 is 2.71 bits per heavy atom. The van der Waals surface area contributed by atoms with Gasteiger partial charge in [-0.05, 0) is 31.5 Å². The lowest BCUT2D eigenvalue weighted by Gasteiger charge is -2.15. The van der Waals surface area contributed by atoms with Gasteiger partial charge in [-0.3, -0.25) is 4.79 Å². The molecule has 0 heterocycles. The largest absolute Gasteiger partial charge is 0.355 e. The first-order chi connectivity index (χ1) is 9.81. The van der Waals surface area contributed by atoms with Gasteiger partial charge in [0.1, 0.15) is 4.90 Å². The standard InChI is InChI=1S/C13H16ClN3O3S/c1-3-6-16-13(18)9(2)17-21(19,20)12-7-10(8-15)4-5-11(12)14/h4-5,7,9,17H,3,6H2,1-2H3,(H,16,18). The molecule has 0 aliphatic carbocycles. The summed E-state index contributed by atoms with van der Waals surface area (Å²) in [4.78, 5) is 11.5. The lowest BCUT2D eigenvalue weighted by atomic mass is 10.2. The van der Waals surface area contributed by atoms with Gasteiger partial charge >= 0.3 is 0 Å². The Morgan fingerprint density at radius 1 is 1.48 bits per heavy atom. The Bertz CT molecular complexity index is 668. The molecule has 0 bridgehead atoms. The highest BCUT2D eigenvalue weighted by atomic mass is 35.5. The van der Waals surface area contributed by atoms with Crippen molar-refractivity contribution in [3.8, 4) is 6.07 Å². The molecule has 0 saturated heterocycles. The van der Waals surface area contributed by atoms with Crippen LogP contribution in [0.5, 0.6) is 0 Å². The van der Waals surface area contributed by atoms with E-state index in [2.05, 4.69) is 10.0 Å². The normalized spacial score (nSPS) is 12.5. The number of nitrogens with one attached hydrogen (secondary N) is 2. The number of amides is 1. The molecule has 0 fully saturated rings. The minimum atomic E-state index is -3.99. The van der Waals surface area contributed by atoms with E-state index in [-0.39, 0.29) is 15.5 Å². The van der Waals surface area contributed by atoms with Gasteiger partial charge < -0.3 is 5.32 Å². The van der Waals surface area contributed by atoms with E-state index in [1.54, 1.807) is 0 Å². The van der Waals surface area contributed by atoms with E-state index in [4.69, 9.17) is 16.9 Å². The Balaban J connectivity index is 2.97. The lowest BCUT2D eigenvalue weighted by molar-refractivity contribution is -0.122. The number of benzene rings is 1. The number of hydrogen-bond acceptors (Lipinski definition) is 4. The summed E-state index contributed by atoms with van der Waals surface area (Å²) >= 11 is 5.86. The summed E-state index contributed by atoms with van der Waals surface area (Å²) in [6.07, 6.45) is 0.751. The third-order valence-electron chi connectivity index (χ3n) is 2.62. The maximum absolute atomic E-state index is 12.2. The SMILES string of the molecule is CCCNC(=O)C(C)NS(=O)(=O)c1cc(C#N)ccc1Cl. The highest BCUT2D eigenvalue weighted by molar-refractivity contribution is 7.89. The van der Waals surface area contributed by atoms with E-state index < -0.39 is 22.0 Å². The van der Waals surface area contributed by atoms with Crippen molar-refractivity contribution in [2.75, 3.05) is 6.54 Å². The van der Waals surface area contributed by atoms with E-state index in [0.29, 0.717) is 6.54 Å². The Hall–Kier alpha value is -1.62. The van der Waals surface area contributed by atoms with Gasteiger partial charge in [-0.1, -0.05) is 18.5 Å². The summed E-state index contributed by atoms with van der Waals surface area (Å²) in [5.41, 5.74) is 0.169. The summed E-state index contributed by atoms with van der Waals surface area (Å²) in [6.45, 7) is 3.79. The zero-order valence-electron chi connectivity index (χ0n) is 11.7. The molecule has 1 aromatic carbocycles. The minimum Gasteiger partial charge on any atom is -0.355 e. The molecular formula is C13H16ClN3O3S. The van der Waals surface area contributed by atoms with Crippen LogP contribution in [-0.4, -0.2) is 26.9 Å². The van der Waals surface area contributed by atoms with E-state index in [1.165, 1.54) is 25.1 Å². The molecule has 0 radical (unpaired) electrons. The third-order valence-corrected chi connectivity index (χ3v) is 4.65. The van der Waals surface area contributed by atoms with Crippen molar-refractivity contribution in [2.45, 2.75) is 31.2 Å². The molecule has 0 spiro atoms. The summed E-state index contributed by atoms with van der Waals surface area (Å²) in [5.74, 6) is -0.423. The number of carbonyl (C=O) groups is 1. The molecule has 0 saturated carbocycles. The second-order valence-corrected chi connectivity index (χ2v) is 6.48. The monoisotopic (exact) mass is 329 g/mol. The van der Waals surface area contributed by atoms with Gasteiger partial charge in [-0.2, -0.15) is 9.98 Å². The molecular weight excluding hydrogens is 314 g/mol. The van der Waals surface area contributed by atoms with Crippen LogP contribution in [0.25, 0.3) is 0 Å². The number of nitrogens with zero attached hydrogens (tertiary/aromatic N) is 1. The molecule has 0 aliphatic rings. The van der Waals surface area contributed by atoms with Crippen molar-refractivity contribution < 1.29 is 13.2 Å². The van der Waals surface area contributed by atoms with Crippen LogP contribution < -0.4 is 10.0 Å². The number of sulfonamides is 1. The molecule has 1 atom stereocenters. The third kappa shape index (κ3) is 4.70. The van der Waals surface area contributed by atoms with Gasteiger partial charge in [0.15, 0.2) is 0 Å². The zero-order chi connectivity index (χ0) is 16.0. The van der Waals surface area contributed by atoms with Crippen molar-refractivity contribution in [1.82, 2.24) is 10.0 Å². The maximum atomic E-state index is 12.2. The van der Waals surface area contributed by atoms with Gasteiger partial charge in [0.2, 0.25) is 15.9 Å². The van der Waals surface area contributed by atoms with Crippen molar-refractivity contribution in [1.29, 1.82) is 5.26 Å². The van der Waals surface area contributed by atoms with Gasteiger partial charge in [-0.25, -0.2) is 8.42 Å². The predicted molar refractivity (Wildman–Crippen MR) is 79.3 cm³/mol. The molecule has 8 heteroatoms. The first kappa shape index (κ1) is 17.4. The molecule has 1 unspecified atom stereocenters. The van der Waals surface area contributed by atoms with Gasteiger partial charge in [0.05, 0.1) is 22.7 Å². The molecule has 1 amide bonds. The van der Waals surface area contributed by atoms with Crippen LogP contribution in [-0.2, 0) is 14.8 Å². The summed E-state index contributed by atoms with van der Waals surface area (Å²) in [7, 11) is -3.99. The number of halogens is 1. The van der Waals surface area contributed by atoms with E-state index in [9.17, 15) is 13.2 Å². The van der Waals surface area contributed by atoms with Crippen molar-refractivity contribution in [3.63, 3.8) is 0 Å². The average Bonchev–Trinajstić information content (AvgIpc) is 2.44. The number of rotatable bonds is 6. The summed E-state index contributed by atoms with van der Waals surface area (Å²) < 4.78 is 26.7. The molecule has 114 valence electrons. The highest BCUT2D eigenvalue weighted by Crippen LogP contribution is 2.22. The number of hydrogen-bond donors (Lipinski definition) is 2. The highest BCUT2D eigenvalue weighted by Gasteiger charge is 2.24. The quantitative estimate of drug-likeness (QED) is 0.824. The second-order valence-electron chi connectivity index (χ2n) is 4.39. The smallest absolute Gasteiger partial charge is 0.242 e. The van der Waals surface area contributed by atoms with E-state index in [1.807, 2.05) is 13.0 Å². The number of nitriles is 1. The molecule has 1 rings (SSSR count). The van der Waals surface area contributed by atoms with Crippen LogP contribution in [0.15, 0.2) is 23.1 Å². The molecule has 1 aromatic rings. The fourth-order valence-corrected chi connectivity index (χ4v) is 3.26. The predicted octanol–water partition coefficient (Wildman–Crippen LogP) is 1.40. The van der Waals surface area contributed by atoms with Crippen LogP contribution in [0, 0.1) is 11.3 Å². The van der Waals surface area contributed by atoms with Gasteiger partial charge in [0, 0.05) is 6.54 Å². The Morgan fingerprint density at radius 2 is 2.14 bits per heavy atom. The lowest BCUT2D eigenvalue weighted by Crippen LogP contribution is -2.44. The fourth-order valence-electron chi connectivity index (χ4n) is 1.53. The van der Waals surface area contributed by atoms with Gasteiger partial charge in [-0.15, -0.1) is 0 Å². The molecule has 0 aromatic heterocycles. The summed E-state index contributed by atoms with van der Waals surface area (Å²) in [6, 6.07) is 4.81. The van der Waals surface area contributed by atoms with Gasteiger partial charge in [0.25, 0.3) is 0 Å². The maximum Gasteiger partial charge on any atom is 0.242 e.